The standard InChI is InChI=1S/C22H27N5O/c1-3-26(4-2)22(28)25-16-12-18-17-7-5-8-20-21(17)15(11-19(18)24-13-16)14-27(20)10-6-9-23/h5,7-8,12,14,16,19,24H,3-4,6,10-11,13H2,1-2H3,(H,25,28)/t16?,19-/m1/s1. The monoisotopic (exact) mass is 377 g/mol. The molecule has 0 radical (unpaired) electrons. The molecule has 146 valence electrons. The first kappa shape index (κ1) is 18.6. The van der Waals surface area contributed by atoms with Crippen molar-refractivity contribution in [3.8, 4) is 6.07 Å². The Bertz CT molecular complexity index is 963. The number of hydrogen-bond acceptors (Lipinski definition) is 3. The normalized spacial score (nSPS) is 20.2. The molecule has 4 rings (SSSR count). The van der Waals surface area contributed by atoms with Gasteiger partial charge in [0, 0.05) is 49.3 Å². The number of fused-ring (bicyclic) bond motifs is 2. The van der Waals surface area contributed by atoms with Crippen molar-refractivity contribution in [2.75, 3.05) is 19.6 Å². The van der Waals surface area contributed by atoms with Gasteiger partial charge in [-0.3, -0.25) is 0 Å². The molecule has 0 saturated carbocycles. The number of carbonyl (C=O) groups excluding carboxylic acids is 1. The lowest BCUT2D eigenvalue weighted by Gasteiger charge is -2.34. The van der Waals surface area contributed by atoms with Crippen LogP contribution in [0.2, 0.25) is 0 Å². The van der Waals surface area contributed by atoms with Crippen LogP contribution in [0, 0.1) is 11.3 Å². The number of aryl methyl sites for hydroxylation is 1. The Balaban J connectivity index is 1.67. The smallest absolute Gasteiger partial charge is 0.317 e. The maximum atomic E-state index is 12.5. The third-order valence-electron chi connectivity index (χ3n) is 5.88. The minimum atomic E-state index is -0.0168. The van der Waals surface area contributed by atoms with Crippen LogP contribution in [0.5, 0.6) is 0 Å². The number of benzene rings is 1. The van der Waals surface area contributed by atoms with Gasteiger partial charge in [0.2, 0.25) is 0 Å². The van der Waals surface area contributed by atoms with Gasteiger partial charge in [-0.1, -0.05) is 18.2 Å². The summed E-state index contributed by atoms with van der Waals surface area (Å²) >= 11 is 0. The highest BCUT2D eigenvalue weighted by Gasteiger charge is 2.31. The summed E-state index contributed by atoms with van der Waals surface area (Å²) in [6.45, 7) is 6.87. The van der Waals surface area contributed by atoms with Crippen LogP contribution in [0.4, 0.5) is 4.79 Å². The Kier molecular flexibility index (Phi) is 5.10. The Morgan fingerprint density at radius 3 is 2.96 bits per heavy atom. The molecule has 1 aromatic heterocycles. The lowest BCUT2D eigenvalue weighted by atomic mass is 9.82. The fourth-order valence-corrected chi connectivity index (χ4v) is 4.49. The maximum Gasteiger partial charge on any atom is 0.317 e. The second kappa shape index (κ2) is 7.69. The van der Waals surface area contributed by atoms with Crippen LogP contribution in [0.3, 0.4) is 0 Å². The number of nitrogens with one attached hydrogen (secondary N) is 2. The topological polar surface area (TPSA) is 73.1 Å². The van der Waals surface area contributed by atoms with Crippen molar-refractivity contribution >= 4 is 22.5 Å². The van der Waals surface area contributed by atoms with Crippen molar-refractivity contribution in [2.45, 2.75) is 45.3 Å². The van der Waals surface area contributed by atoms with E-state index in [9.17, 15) is 4.79 Å². The molecule has 6 heteroatoms. The first-order valence-corrected chi connectivity index (χ1v) is 10.1. The van der Waals surface area contributed by atoms with Crippen LogP contribution < -0.4 is 10.6 Å². The first-order chi connectivity index (χ1) is 13.7. The number of urea groups is 1. The Morgan fingerprint density at radius 1 is 1.39 bits per heavy atom. The largest absolute Gasteiger partial charge is 0.346 e. The van der Waals surface area contributed by atoms with E-state index in [1.54, 1.807) is 4.90 Å². The molecule has 2 N–H and O–H groups in total. The molecule has 2 aliphatic rings. The fraction of sp³-hybridized carbons (Fsp3) is 0.455. The number of nitrogens with zero attached hydrogens (tertiary/aromatic N) is 3. The average molecular weight is 377 g/mol. The highest BCUT2D eigenvalue weighted by atomic mass is 16.2. The molecule has 2 amide bonds. The van der Waals surface area contributed by atoms with Gasteiger partial charge >= 0.3 is 6.03 Å². The van der Waals surface area contributed by atoms with E-state index in [2.05, 4.69) is 51.7 Å². The van der Waals surface area contributed by atoms with Crippen molar-refractivity contribution in [3.05, 3.63) is 41.6 Å². The molecule has 1 unspecified atom stereocenters. The molecule has 0 saturated heterocycles. The molecule has 1 aliphatic carbocycles. The molecule has 0 spiro atoms. The molecule has 2 atom stereocenters. The van der Waals surface area contributed by atoms with Crippen LogP contribution in [0.1, 0.15) is 31.4 Å². The molecule has 6 nitrogen and oxygen atoms in total. The summed E-state index contributed by atoms with van der Waals surface area (Å²) in [6.07, 6.45) is 5.89. The number of aromatic nitrogens is 1. The van der Waals surface area contributed by atoms with Crippen LogP contribution in [-0.4, -0.2) is 47.2 Å². The minimum Gasteiger partial charge on any atom is -0.346 e. The lowest BCUT2D eigenvalue weighted by molar-refractivity contribution is 0.200. The third-order valence-corrected chi connectivity index (χ3v) is 5.88. The molecular formula is C22H27N5O. The zero-order valence-electron chi connectivity index (χ0n) is 16.5. The third kappa shape index (κ3) is 3.16. The summed E-state index contributed by atoms with van der Waals surface area (Å²) in [5, 5.41) is 17.0. The van der Waals surface area contributed by atoms with Crippen LogP contribution >= 0.6 is 0 Å². The predicted molar refractivity (Wildman–Crippen MR) is 111 cm³/mol. The average Bonchev–Trinajstić information content (AvgIpc) is 3.06. The number of amides is 2. The summed E-state index contributed by atoms with van der Waals surface area (Å²) in [4.78, 5) is 14.3. The summed E-state index contributed by atoms with van der Waals surface area (Å²) in [5.74, 6) is 0. The van der Waals surface area contributed by atoms with Gasteiger partial charge in [0.1, 0.15) is 0 Å². The second-order valence-corrected chi connectivity index (χ2v) is 7.47. The molecule has 1 aliphatic heterocycles. The van der Waals surface area contributed by atoms with E-state index in [1.165, 1.54) is 27.6 Å². The first-order valence-electron chi connectivity index (χ1n) is 10.1. The van der Waals surface area contributed by atoms with Gasteiger partial charge in [-0.2, -0.15) is 5.26 Å². The Labute approximate surface area is 165 Å². The van der Waals surface area contributed by atoms with E-state index >= 15 is 0 Å². The van der Waals surface area contributed by atoms with Crippen LogP contribution in [0.15, 0.2) is 30.5 Å². The van der Waals surface area contributed by atoms with Crippen molar-refractivity contribution in [1.29, 1.82) is 5.26 Å². The van der Waals surface area contributed by atoms with Gasteiger partial charge in [0.15, 0.2) is 0 Å². The van der Waals surface area contributed by atoms with Gasteiger partial charge in [-0.15, -0.1) is 0 Å². The molecule has 2 heterocycles. The fourth-order valence-electron chi connectivity index (χ4n) is 4.49. The summed E-state index contributed by atoms with van der Waals surface area (Å²) in [6, 6.07) is 8.89. The van der Waals surface area contributed by atoms with E-state index < -0.39 is 0 Å². The van der Waals surface area contributed by atoms with Crippen molar-refractivity contribution in [3.63, 3.8) is 0 Å². The second-order valence-electron chi connectivity index (χ2n) is 7.47. The summed E-state index contributed by atoms with van der Waals surface area (Å²) < 4.78 is 2.20. The highest BCUT2D eigenvalue weighted by Crippen LogP contribution is 2.38. The summed E-state index contributed by atoms with van der Waals surface area (Å²) in [7, 11) is 0. The van der Waals surface area contributed by atoms with Crippen molar-refractivity contribution < 1.29 is 4.79 Å². The van der Waals surface area contributed by atoms with E-state index in [1.807, 2.05) is 13.8 Å². The van der Waals surface area contributed by atoms with E-state index in [0.29, 0.717) is 19.5 Å². The number of hydrogen-bond donors (Lipinski definition) is 2. The predicted octanol–water partition coefficient (Wildman–Crippen LogP) is 2.89. The van der Waals surface area contributed by atoms with Gasteiger partial charge < -0.3 is 20.1 Å². The molecule has 0 fully saturated rings. The number of rotatable bonds is 5. The van der Waals surface area contributed by atoms with Gasteiger partial charge in [-0.05, 0) is 43.0 Å². The molecule has 0 bridgehead atoms. The van der Waals surface area contributed by atoms with Crippen LogP contribution in [0.25, 0.3) is 16.5 Å². The molecule has 28 heavy (non-hydrogen) atoms. The highest BCUT2D eigenvalue weighted by molar-refractivity contribution is 5.99. The van der Waals surface area contributed by atoms with Crippen molar-refractivity contribution in [2.24, 2.45) is 0 Å². The van der Waals surface area contributed by atoms with Gasteiger partial charge in [0.25, 0.3) is 0 Å². The SMILES string of the molecule is CCN(CC)C(=O)NC1C=C2c3cccc4c3c(cn4CCC#N)C[C@H]2NC1. The lowest BCUT2D eigenvalue weighted by Crippen LogP contribution is -2.52. The minimum absolute atomic E-state index is 0.00976. The van der Waals surface area contributed by atoms with Gasteiger partial charge in [0.05, 0.1) is 18.5 Å². The van der Waals surface area contributed by atoms with E-state index in [4.69, 9.17) is 5.26 Å². The quantitative estimate of drug-likeness (QED) is 0.841. The van der Waals surface area contributed by atoms with Gasteiger partial charge in [-0.25, -0.2) is 4.79 Å². The Hall–Kier alpha value is -2.78. The van der Waals surface area contributed by atoms with Crippen LogP contribution in [-0.2, 0) is 13.0 Å². The number of nitriles is 1. The Morgan fingerprint density at radius 2 is 2.21 bits per heavy atom. The molecular weight excluding hydrogens is 350 g/mol. The van der Waals surface area contributed by atoms with Crippen molar-refractivity contribution in [1.82, 2.24) is 20.1 Å². The summed E-state index contributed by atoms with van der Waals surface area (Å²) in [5.41, 5.74) is 5.04. The van der Waals surface area contributed by atoms with E-state index in [0.717, 1.165) is 19.5 Å². The molecule has 1 aromatic carbocycles. The molecule has 2 aromatic rings. The zero-order valence-corrected chi connectivity index (χ0v) is 16.5. The number of carbonyl (C=O) groups is 1. The van der Waals surface area contributed by atoms with E-state index in [-0.39, 0.29) is 18.1 Å². The zero-order chi connectivity index (χ0) is 19.7. The maximum absolute atomic E-state index is 12.5.